The molecule has 0 radical (unpaired) electrons. The van der Waals surface area contributed by atoms with Crippen LogP contribution in [0.2, 0.25) is 0 Å². The van der Waals surface area contributed by atoms with E-state index in [0.717, 1.165) is 5.92 Å². The summed E-state index contributed by atoms with van der Waals surface area (Å²) in [5.74, 6) is 0.881. The highest BCUT2D eigenvalue weighted by Crippen LogP contribution is 2.67. The molecular formula is C20H34. The standard InChI is InChI=1S/C20H34/c1-5-11-19-12-7-14-20(19,15-8-13-19)16-18(4)10-6-9-17(2)3/h5,9,18H,1,6-8,10-16H2,2-4H3. The zero-order valence-corrected chi connectivity index (χ0v) is 14.0. The Kier molecular flexibility index (Phi) is 5.15. The molecule has 2 rings (SSSR count). The van der Waals surface area contributed by atoms with Crippen molar-refractivity contribution in [3.63, 3.8) is 0 Å². The van der Waals surface area contributed by atoms with E-state index in [0.29, 0.717) is 10.8 Å². The molecule has 0 bridgehead atoms. The lowest BCUT2D eigenvalue weighted by Crippen LogP contribution is -2.33. The normalized spacial score (nSPS) is 33.8. The third kappa shape index (κ3) is 3.05. The maximum absolute atomic E-state index is 4.05. The van der Waals surface area contributed by atoms with Crippen molar-refractivity contribution in [2.45, 2.75) is 85.0 Å². The molecule has 0 amide bonds. The van der Waals surface area contributed by atoms with Crippen LogP contribution < -0.4 is 0 Å². The van der Waals surface area contributed by atoms with Crippen molar-refractivity contribution < 1.29 is 0 Å². The van der Waals surface area contributed by atoms with Gasteiger partial charge in [-0.1, -0.05) is 37.5 Å². The van der Waals surface area contributed by atoms with E-state index in [9.17, 15) is 0 Å². The van der Waals surface area contributed by atoms with Crippen molar-refractivity contribution in [2.75, 3.05) is 0 Å². The molecule has 2 fully saturated rings. The molecule has 114 valence electrons. The highest BCUT2D eigenvalue weighted by molar-refractivity contribution is 5.09. The van der Waals surface area contributed by atoms with Crippen molar-refractivity contribution in [3.8, 4) is 0 Å². The predicted octanol–water partition coefficient (Wildman–Crippen LogP) is 6.68. The lowest BCUT2D eigenvalue weighted by Gasteiger charge is -2.42. The van der Waals surface area contributed by atoms with Crippen LogP contribution >= 0.6 is 0 Å². The minimum Gasteiger partial charge on any atom is -0.103 e. The zero-order valence-electron chi connectivity index (χ0n) is 14.0. The summed E-state index contributed by atoms with van der Waals surface area (Å²) >= 11 is 0. The van der Waals surface area contributed by atoms with Gasteiger partial charge in [-0.15, -0.1) is 6.58 Å². The highest BCUT2D eigenvalue weighted by Gasteiger charge is 2.56. The number of allylic oxidation sites excluding steroid dienone is 3. The first-order valence-corrected chi connectivity index (χ1v) is 8.78. The van der Waals surface area contributed by atoms with Gasteiger partial charge in [0, 0.05) is 0 Å². The molecule has 0 spiro atoms. The highest BCUT2D eigenvalue weighted by atomic mass is 14.6. The van der Waals surface area contributed by atoms with Gasteiger partial charge in [0.25, 0.3) is 0 Å². The van der Waals surface area contributed by atoms with E-state index < -0.39 is 0 Å². The molecule has 1 unspecified atom stereocenters. The predicted molar refractivity (Wildman–Crippen MR) is 89.8 cm³/mol. The summed E-state index contributed by atoms with van der Waals surface area (Å²) in [4.78, 5) is 0. The molecule has 1 atom stereocenters. The molecule has 2 aliphatic carbocycles. The van der Waals surface area contributed by atoms with Gasteiger partial charge in [0.2, 0.25) is 0 Å². The SMILES string of the molecule is C=CCC12CCCC1(CC(C)CCC=C(C)C)CCC2. The van der Waals surface area contributed by atoms with Crippen LogP contribution in [0.1, 0.15) is 85.0 Å². The molecule has 0 heterocycles. The van der Waals surface area contributed by atoms with E-state index >= 15 is 0 Å². The molecule has 0 nitrogen and oxygen atoms in total. The first kappa shape index (κ1) is 15.9. The summed E-state index contributed by atoms with van der Waals surface area (Å²) in [6, 6.07) is 0. The summed E-state index contributed by atoms with van der Waals surface area (Å²) < 4.78 is 0. The van der Waals surface area contributed by atoms with Gasteiger partial charge in [-0.05, 0) is 82.0 Å². The second-order valence-electron chi connectivity index (χ2n) is 7.93. The Balaban J connectivity index is 1.99. The first-order valence-electron chi connectivity index (χ1n) is 8.78. The van der Waals surface area contributed by atoms with Gasteiger partial charge in [-0.3, -0.25) is 0 Å². The smallest absolute Gasteiger partial charge is 0.0206 e. The van der Waals surface area contributed by atoms with E-state index in [2.05, 4.69) is 39.5 Å². The number of hydrogen-bond acceptors (Lipinski definition) is 0. The Morgan fingerprint density at radius 2 is 1.70 bits per heavy atom. The molecule has 0 aliphatic heterocycles. The lowest BCUT2D eigenvalue weighted by molar-refractivity contribution is 0.0811. The van der Waals surface area contributed by atoms with E-state index in [1.807, 2.05) is 0 Å². The van der Waals surface area contributed by atoms with E-state index in [4.69, 9.17) is 0 Å². The van der Waals surface area contributed by atoms with Gasteiger partial charge < -0.3 is 0 Å². The van der Waals surface area contributed by atoms with Crippen LogP contribution in [0.15, 0.2) is 24.3 Å². The van der Waals surface area contributed by atoms with E-state index in [1.54, 1.807) is 0 Å². The molecule has 20 heavy (non-hydrogen) atoms. The zero-order chi connectivity index (χ0) is 14.6. The van der Waals surface area contributed by atoms with Gasteiger partial charge in [0.15, 0.2) is 0 Å². The molecule has 2 saturated carbocycles. The first-order chi connectivity index (χ1) is 9.54. The quantitative estimate of drug-likeness (QED) is 0.454. The second-order valence-corrected chi connectivity index (χ2v) is 7.93. The fourth-order valence-corrected chi connectivity index (χ4v) is 5.38. The fourth-order valence-electron chi connectivity index (χ4n) is 5.38. The van der Waals surface area contributed by atoms with Gasteiger partial charge in [0.05, 0.1) is 0 Å². The Morgan fingerprint density at radius 1 is 1.10 bits per heavy atom. The molecule has 2 aliphatic rings. The summed E-state index contributed by atoms with van der Waals surface area (Å²) in [6.45, 7) is 11.0. The van der Waals surface area contributed by atoms with Crippen LogP contribution in [0, 0.1) is 16.7 Å². The third-order valence-corrected chi connectivity index (χ3v) is 6.23. The second kappa shape index (κ2) is 6.50. The van der Waals surface area contributed by atoms with E-state index in [1.165, 1.54) is 69.8 Å². The van der Waals surface area contributed by atoms with Crippen LogP contribution in [0.4, 0.5) is 0 Å². The van der Waals surface area contributed by atoms with Gasteiger partial charge >= 0.3 is 0 Å². The maximum Gasteiger partial charge on any atom is -0.0206 e. The molecular weight excluding hydrogens is 240 g/mol. The fraction of sp³-hybridized carbons (Fsp3) is 0.800. The van der Waals surface area contributed by atoms with Gasteiger partial charge in [0.1, 0.15) is 0 Å². The van der Waals surface area contributed by atoms with Gasteiger partial charge in [-0.2, -0.15) is 0 Å². The Bertz CT molecular complexity index is 346. The molecule has 0 N–H and O–H groups in total. The molecule has 0 saturated heterocycles. The van der Waals surface area contributed by atoms with Crippen LogP contribution in [-0.4, -0.2) is 0 Å². The summed E-state index contributed by atoms with van der Waals surface area (Å²) in [5, 5.41) is 0. The topological polar surface area (TPSA) is 0 Å². The monoisotopic (exact) mass is 274 g/mol. The maximum atomic E-state index is 4.05. The molecule has 0 heteroatoms. The lowest BCUT2D eigenvalue weighted by atomic mass is 9.62. The van der Waals surface area contributed by atoms with Gasteiger partial charge in [-0.25, -0.2) is 0 Å². The van der Waals surface area contributed by atoms with Crippen LogP contribution in [0.3, 0.4) is 0 Å². The van der Waals surface area contributed by atoms with E-state index in [-0.39, 0.29) is 0 Å². The molecule has 0 aromatic heterocycles. The third-order valence-electron chi connectivity index (χ3n) is 6.23. The summed E-state index contributed by atoms with van der Waals surface area (Å²) in [6.07, 6.45) is 18.9. The van der Waals surface area contributed by atoms with Crippen molar-refractivity contribution in [1.29, 1.82) is 0 Å². The average molecular weight is 274 g/mol. The van der Waals surface area contributed by atoms with Crippen molar-refractivity contribution in [2.24, 2.45) is 16.7 Å². The summed E-state index contributed by atoms with van der Waals surface area (Å²) in [7, 11) is 0. The van der Waals surface area contributed by atoms with Crippen LogP contribution in [-0.2, 0) is 0 Å². The minimum atomic E-state index is 0.638. The van der Waals surface area contributed by atoms with Crippen molar-refractivity contribution in [3.05, 3.63) is 24.3 Å². The Labute approximate surface area is 126 Å². The van der Waals surface area contributed by atoms with Crippen LogP contribution in [0.5, 0.6) is 0 Å². The minimum absolute atomic E-state index is 0.638. The van der Waals surface area contributed by atoms with Crippen molar-refractivity contribution >= 4 is 0 Å². The average Bonchev–Trinajstić information content (AvgIpc) is 2.83. The molecule has 0 aromatic carbocycles. The number of fused-ring (bicyclic) bond motifs is 1. The van der Waals surface area contributed by atoms with Crippen LogP contribution in [0.25, 0.3) is 0 Å². The number of hydrogen-bond donors (Lipinski definition) is 0. The Hall–Kier alpha value is -0.520. The van der Waals surface area contributed by atoms with Crippen molar-refractivity contribution in [1.82, 2.24) is 0 Å². The Morgan fingerprint density at radius 3 is 2.25 bits per heavy atom. The number of rotatable bonds is 7. The summed E-state index contributed by atoms with van der Waals surface area (Å²) in [5.41, 5.74) is 2.78. The largest absolute Gasteiger partial charge is 0.103 e. The molecule has 0 aromatic rings.